The van der Waals surface area contributed by atoms with Gasteiger partial charge in [0.15, 0.2) is 5.69 Å². The lowest BCUT2D eigenvalue weighted by atomic mass is 10.1. The average Bonchev–Trinajstić information content (AvgIpc) is 3.36. The second-order valence-electron chi connectivity index (χ2n) is 7.12. The second-order valence-corrected chi connectivity index (χ2v) is 7.97. The first-order valence-electron chi connectivity index (χ1n) is 9.68. The largest absolute Gasteiger partial charge is 0.378 e. The number of rotatable bonds is 6. The van der Waals surface area contributed by atoms with E-state index in [1.807, 2.05) is 0 Å². The molecular formula is C18H20Cl2N9O2+. The summed E-state index contributed by atoms with van der Waals surface area (Å²) in [5, 5.41) is 20.4. The molecule has 0 radical (unpaired) electrons. The number of aromatic nitrogens is 5. The lowest BCUT2D eigenvalue weighted by molar-refractivity contribution is -0.918. The van der Waals surface area contributed by atoms with E-state index in [4.69, 9.17) is 28.9 Å². The molecule has 1 aromatic carbocycles. The molecule has 11 nitrogen and oxygen atoms in total. The van der Waals surface area contributed by atoms with Crippen LogP contribution < -0.4 is 16.1 Å². The van der Waals surface area contributed by atoms with Gasteiger partial charge in [0.05, 0.1) is 24.3 Å². The normalized spacial score (nSPS) is 14.9. The van der Waals surface area contributed by atoms with Crippen LogP contribution in [0.5, 0.6) is 0 Å². The number of anilines is 1. The molecule has 4 rings (SSSR count). The van der Waals surface area contributed by atoms with Crippen molar-refractivity contribution in [3.8, 4) is 5.82 Å². The molecule has 3 aromatic rings. The van der Waals surface area contributed by atoms with Crippen LogP contribution in [0.3, 0.4) is 0 Å². The molecule has 0 bridgehead atoms. The maximum Gasteiger partial charge on any atom is 0.294 e. The number of hydrogen-bond donors (Lipinski definition) is 3. The van der Waals surface area contributed by atoms with Crippen molar-refractivity contribution in [2.75, 3.05) is 18.8 Å². The van der Waals surface area contributed by atoms with Crippen molar-refractivity contribution in [1.29, 1.82) is 0 Å². The molecule has 31 heavy (non-hydrogen) atoms. The third kappa shape index (κ3) is 4.84. The van der Waals surface area contributed by atoms with E-state index in [1.165, 1.54) is 22.2 Å². The number of nitrogens with two attached hydrogens (primary N) is 1. The summed E-state index contributed by atoms with van der Waals surface area (Å²) >= 11 is 12.0. The van der Waals surface area contributed by atoms with Crippen LogP contribution in [-0.4, -0.2) is 50.5 Å². The zero-order valence-corrected chi connectivity index (χ0v) is 17.9. The van der Waals surface area contributed by atoms with Crippen LogP contribution >= 0.6 is 23.2 Å². The van der Waals surface area contributed by atoms with Gasteiger partial charge in [0.25, 0.3) is 5.91 Å². The minimum absolute atomic E-state index is 0.0575. The summed E-state index contributed by atoms with van der Waals surface area (Å²) in [4.78, 5) is 14.1. The molecule has 1 aliphatic rings. The second kappa shape index (κ2) is 9.41. The van der Waals surface area contributed by atoms with E-state index in [2.05, 4.69) is 35.8 Å². The van der Waals surface area contributed by atoms with Gasteiger partial charge in [0.2, 0.25) is 11.6 Å². The summed E-state index contributed by atoms with van der Waals surface area (Å²) in [6.45, 7) is 2.51. The van der Waals surface area contributed by atoms with Crippen LogP contribution in [0.25, 0.3) is 5.82 Å². The molecule has 0 spiro atoms. The standard InChI is InChI=1S/C18H19Cl2N9O2/c19-12-5-4-11(13(20)8-12)9-22-24-18(30)15-14(10-28-6-2-1-3-7-28)29(27-23-15)17-16(21)25-31-26-17/h4-5,8-9H,1-3,6-7,10H2,(H2,21,25)(H,24,30)/p+1/b22-9-. The number of carbonyl (C=O) groups excluding carboxylic acids is 1. The van der Waals surface area contributed by atoms with Crippen LogP contribution in [0.2, 0.25) is 10.0 Å². The Balaban J connectivity index is 1.57. The topological polar surface area (TPSA) is 142 Å². The van der Waals surface area contributed by atoms with E-state index < -0.39 is 5.91 Å². The summed E-state index contributed by atoms with van der Waals surface area (Å²) < 4.78 is 6.07. The highest BCUT2D eigenvalue weighted by Crippen LogP contribution is 2.19. The van der Waals surface area contributed by atoms with E-state index in [0.717, 1.165) is 25.9 Å². The van der Waals surface area contributed by atoms with Crippen LogP contribution in [0.4, 0.5) is 5.82 Å². The number of nitrogen functional groups attached to an aromatic ring is 1. The number of likely N-dealkylation sites (tertiary alicyclic amines) is 1. The van der Waals surface area contributed by atoms with E-state index in [0.29, 0.717) is 27.8 Å². The molecule has 2 aromatic heterocycles. The van der Waals surface area contributed by atoms with Gasteiger partial charge < -0.3 is 10.6 Å². The first-order chi connectivity index (χ1) is 15.0. The molecule has 0 saturated carbocycles. The van der Waals surface area contributed by atoms with Gasteiger partial charge in [-0.25, -0.2) is 10.1 Å². The van der Waals surface area contributed by atoms with Crippen molar-refractivity contribution in [3.05, 3.63) is 45.2 Å². The monoisotopic (exact) mass is 464 g/mol. The molecule has 0 atom stereocenters. The van der Waals surface area contributed by atoms with Crippen LogP contribution in [0.1, 0.15) is 41.0 Å². The van der Waals surface area contributed by atoms with Crippen molar-refractivity contribution < 1.29 is 14.3 Å². The maximum absolute atomic E-state index is 12.8. The molecule has 13 heteroatoms. The zero-order chi connectivity index (χ0) is 21.8. The summed E-state index contributed by atoms with van der Waals surface area (Å²) in [5.74, 6) is -0.273. The number of halogens is 2. The Morgan fingerprint density at radius 1 is 1.29 bits per heavy atom. The smallest absolute Gasteiger partial charge is 0.294 e. The molecule has 1 saturated heterocycles. The maximum atomic E-state index is 12.8. The predicted molar refractivity (Wildman–Crippen MR) is 113 cm³/mol. The first-order valence-corrected chi connectivity index (χ1v) is 10.4. The van der Waals surface area contributed by atoms with Crippen molar-refractivity contribution in [3.63, 3.8) is 0 Å². The van der Waals surface area contributed by atoms with Gasteiger partial charge in [-0.05, 0) is 41.7 Å². The van der Waals surface area contributed by atoms with Gasteiger partial charge in [-0.3, -0.25) is 4.79 Å². The van der Waals surface area contributed by atoms with Crippen molar-refractivity contribution in [1.82, 2.24) is 30.7 Å². The summed E-state index contributed by atoms with van der Waals surface area (Å²) in [5.41, 5.74) is 9.57. The number of benzene rings is 1. The number of amides is 1. The Bertz CT molecular complexity index is 1110. The molecule has 162 valence electrons. The van der Waals surface area contributed by atoms with Gasteiger partial charge in [-0.15, -0.1) is 5.10 Å². The van der Waals surface area contributed by atoms with E-state index in [1.54, 1.807) is 18.2 Å². The van der Waals surface area contributed by atoms with Crippen molar-refractivity contribution in [2.24, 2.45) is 5.10 Å². The summed E-state index contributed by atoms with van der Waals surface area (Å²) in [6, 6.07) is 4.97. The van der Waals surface area contributed by atoms with Gasteiger partial charge in [0.1, 0.15) is 12.2 Å². The number of hydrogen-bond acceptors (Lipinski definition) is 8. The van der Waals surface area contributed by atoms with E-state index in [-0.39, 0.29) is 17.3 Å². The lowest BCUT2D eigenvalue weighted by Gasteiger charge is -2.23. The number of piperidine rings is 1. The highest BCUT2D eigenvalue weighted by Gasteiger charge is 2.27. The quantitative estimate of drug-likeness (QED) is 0.362. The van der Waals surface area contributed by atoms with Gasteiger partial charge in [0, 0.05) is 10.6 Å². The number of nitrogens with one attached hydrogen (secondary N) is 2. The molecule has 1 fully saturated rings. The lowest BCUT2D eigenvalue weighted by Crippen LogP contribution is -3.11. The molecule has 0 unspecified atom stereocenters. The summed E-state index contributed by atoms with van der Waals surface area (Å²) in [7, 11) is 0. The molecule has 4 N–H and O–H groups in total. The Morgan fingerprint density at radius 3 is 2.81 bits per heavy atom. The third-order valence-electron chi connectivity index (χ3n) is 4.98. The van der Waals surface area contributed by atoms with Crippen LogP contribution in [-0.2, 0) is 6.54 Å². The number of nitrogens with zero attached hydrogens (tertiary/aromatic N) is 6. The Hall–Kier alpha value is -3.02. The fourth-order valence-electron chi connectivity index (χ4n) is 3.43. The number of carbonyl (C=O) groups is 1. The van der Waals surface area contributed by atoms with Crippen LogP contribution in [0, 0.1) is 0 Å². The number of quaternary nitrogens is 1. The predicted octanol–water partition coefficient (Wildman–Crippen LogP) is 0.872. The van der Waals surface area contributed by atoms with Crippen molar-refractivity contribution in [2.45, 2.75) is 25.8 Å². The Morgan fingerprint density at radius 2 is 2.10 bits per heavy atom. The number of hydrazone groups is 1. The van der Waals surface area contributed by atoms with Gasteiger partial charge in [-0.1, -0.05) is 34.5 Å². The molecule has 1 aliphatic heterocycles. The summed E-state index contributed by atoms with van der Waals surface area (Å²) in [6.07, 6.45) is 4.88. The minimum atomic E-state index is -0.519. The Kier molecular flexibility index (Phi) is 6.44. The Labute approximate surface area is 187 Å². The fraction of sp³-hybridized carbons (Fsp3) is 0.333. The fourth-order valence-corrected chi connectivity index (χ4v) is 3.89. The van der Waals surface area contributed by atoms with Gasteiger partial charge >= 0.3 is 0 Å². The van der Waals surface area contributed by atoms with Gasteiger partial charge in [-0.2, -0.15) is 9.78 Å². The minimum Gasteiger partial charge on any atom is -0.378 e. The highest BCUT2D eigenvalue weighted by molar-refractivity contribution is 6.36. The van der Waals surface area contributed by atoms with Crippen molar-refractivity contribution >= 4 is 41.1 Å². The van der Waals surface area contributed by atoms with Crippen LogP contribution in [0.15, 0.2) is 27.9 Å². The highest BCUT2D eigenvalue weighted by atomic mass is 35.5. The van der Waals surface area contributed by atoms with E-state index >= 15 is 0 Å². The third-order valence-corrected chi connectivity index (χ3v) is 5.55. The molecular weight excluding hydrogens is 445 g/mol. The SMILES string of the molecule is Nc1nonc1-n1nnc(C(=O)N/N=C\c2ccc(Cl)cc2Cl)c1C[NH+]1CCCCC1. The average molecular weight is 465 g/mol. The molecule has 0 aliphatic carbocycles. The molecule has 3 heterocycles. The van der Waals surface area contributed by atoms with E-state index in [9.17, 15) is 4.79 Å². The molecule has 1 amide bonds. The zero-order valence-electron chi connectivity index (χ0n) is 16.4. The first kappa shape index (κ1) is 21.2.